The van der Waals surface area contributed by atoms with E-state index < -0.39 is 30.3 Å². The molecule has 1 rings (SSSR count). The largest absolute Gasteiger partial charge is 0.480 e. The lowest BCUT2D eigenvalue weighted by Gasteiger charge is -2.24. The highest BCUT2D eigenvalue weighted by Gasteiger charge is 2.24. The van der Waals surface area contributed by atoms with Gasteiger partial charge in [-0.3, -0.25) is 9.59 Å². The monoisotopic (exact) mass is 317 g/mol. The summed E-state index contributed by atoms with van der Waals surface area (Å²) in [6.45, 7) is 3.25. The highest BCUT2D eigenvalue weighted by molar-refractivity contribution is 6.32. The van der Waals surface area contributed by atoms with E-state index in [-0.39, 0.29) is 10.8 Å². The van der Waals surface area contributed by atoms with Crippen molar-refractivity contribution in [3.63, 3.8) is 0 Å². The SMILES string of the molecule is CCCN(CC(=O)O)C(=O)C(C)Oc1ccc(F)cc1Cl. The van der Waals surface area contributed by atoms with Crippen molar-refractivity contribution < 1.29 is 23.8 Å². The fourth-order valence-corrected chi connectivity index (χ4v) is 1.98. The molecule has 0 aliphatic heterocycles. The lowest BCUT2D eigenvalue weighted by atomic mass is 10.3. The van der Waals surface area contributed by atoms with Crippen molar-refractivity contribution in [2.24, 2.45) is 0 Å². The van der Waals surface area contributed by atoms with E-state index in [1.807, 2.05) is 6.92 Å². The molecule has 21 heavy (non-hydrogen) atoms. The lowest BCUT2D eigenvalue weighted by molar-refractivity contribution is -0.147. The molecule has 7 heteroatoms. The van der Waals surface area contributed by atoms with Crippen molar-refractivity contribution in [2.75, 3.05) is 13.1 Å². The third-order valence-electron chi connectivity index (χ3n) is 2.68. The van der Waals surface area contributed by atoms with Gasteiger partial charge in [0.25, 0.3) is 5.91 Å². The number of hydrogen-bond donors (Lipinski definition) is 1. The highest BCUT2D eigenvalue weighted by atomic mass is 35.5. The molecular weight excluding hydrogens is 301 g/mol. The number of carboxylic acids is 1. The minimum atomic E-state index is -1.09. The van der Waals surface area contributed by atoms with E-state index in [1.165, 1.54) is 24.0 Å². The first-order chi connectivity index (χ1) is 9.85. The summed E-state index contributed by atoms with van der Waals surface area (Å²) in [5.74, 6) is -1.89. The van der Waals surface area contributed by atoms with Crippen LogP contribution in [0.15, 0.2) is 18.2 Å². The summed E-state index contributed by atoms with van der Waals surface area (Å²) in [5, 5.41) is 8.86. The maximum atomic E-state index is 12.9. The van der Waals surface area contributed by atoms with Crippen LogP contribution in [0.5, 0.6) is 5.75 Å². The van der Waals surface area contributed by atoms with Gasteiger partial charge < -0.3 is 14.7 Å². The summed E-state index contributed by atoms with van der Waals surface area (Å²) in [4.78, 5) is 24.1. The van der Waals surface area contributed by atoms with Gasteiger partial charge in [-0.1, -0.05) is 18.5 Å². The molecule has 0 aliphatic carbocycles. The molecule has 5 nitrogen and oxygen atoms in total. The van der Waals surface area contributed by atoms with Gasteiger partial charge in [0, 0.05) is 6.54 Å². The molecule has 0 fully saturated rings. The van der Waals surface area contributed by atoms with Gasteiger partial charge in [0.05, 0.1) is 5.02 Å². The fourth-order valence-electron chi connectivity index (χ4n) is 1.77. The van der Waals surface area contributed by atoms with Crippen LogP contribution < -0.4 is 4.74 Å². The molecule has 1 unspecified atom stereocenters. The summed E-state index contributed by atoms with van der Waals surface area (Å²) < 4.78 is 18.3. The minimum Gasteiger partial charge on any atom is -0.480 e. The van der Waals surface area contributed by atoms with Crippen molar-refractivity contribution in [1.82, 2.24) is 4.90 Å². The molecule has 0 saturated heterocycles. The van der Waals surface area contributed by atoms with Crippen molar-refractivity contribution >= 4 is 23.5 Å². The number of benzene rings is 1. The molecule has 0 bridgehead atoms. The van der Waals surface area contributed by atoms with E-state index >= 15 is 0 Å². The molecule has 0 aromatic heterocycles. The van der Waals surface area contributed by atoms with Gasteiger partial charge >= 0.3 is 5.97 Å². The summed E-state index contributed by atoms with van der Waals surface area (Å²) in [5.41, 5.74) is 0. The van der Waals surface area contributed by atoms with E-state index in [4.69, 9.17) is 21.4 Å². The van der Waals surface area contributed by atoms with Gasteiger partial charge in [0.2, 0.25) is 0 Å². The average molecular weight is 318 g/mol. The number of aliphatic carboxylic acids is 1. The predicted octanol–water partition coefficient (Wildman–Crippen LogP) is 2.57. The summed E-state index contributed by atoms with van der Waals surface area (Å²) in [6, 6.07) is 3.57. The summed E-state index contributed by atoms with van der Waals surface area (Å²) in [7, 11) is 0. The van der Waals surface area contributed by atoms with Crippen LogP contribution in [0.3, 0.4) is 0 Å². The van der Waals surface area contributed by atoms with E-state index in [1.54, 1.807) is 0 Å². The molecular formula is C14H17ClFNO4. The van der Waals surface area contributed by atoms with Crippen molar-refractivity contribution in [3.8, 4) is 5.75 Å². The standard InChI is InChI=1S/C14H17ClFNO4/c1-3-6-17(8-13(18)19)14(20)9(2)21-12-5-4-10(16)7-11(12)15/h4-5,7,9H,3,6,8H2,1-2H3,(H,18,19). The molecule has 0 saturated carbocycles. The zero-order valence-corrected chi connectivity index (χ0v) is 12.6. The maximum Gasteiger partial charge on any atom is 0.323 e. The van der Waals surface area contributed by atoms with Crippen LogP contribution >= 0.6 is 11.6 Å². The number of ether oxygens (including phenoxy) is 1. The van der Waals surface area contributed by atoms with Gasteiger partial charge in [0.1, 0.15) is 18.1 Å². The van der Waals surface area contributed by atoms with E-state index in [9.17, 15) is 14.0 Å². The van der Waals surface area contributed by atoms with Crippen LogP contribution in [-0.4, -0.2) is 41.1 Å². The molecule has 1 aromatic rings. The third-order valence-corrected chi connectivity index (χ3v) is 2.97. The summed E-state index contributed by atoms with van der Waals surface area (Å²) in [6.07, 6.45) is -0.290. The van der Waals surface area contributed by atoms with Crippen molar-refractivity contribution in [3.05, 3.63) is 29.0 Å². The van der Waals surface area contributed by atoms with Crippen molar-refractivity contribution in [2.45, 2.75) is 26.4 Å². The number of carbonyl (C=O) groups is 2. The molecule has 0 radical (unpaired) electrons. The highest BCUT2D eigenvalue weighted by Crippen LogP contribution is 2.26. The average Bonchev–Trinajstić information content (AvgIpc) is 2.40. The van der Waals surface area contributed by atoms with Crippen LogP contribution in [0.25, 0.3) is 0 Å². The van der Waals surface area contributed by atoms with Crippen molar-refractivity contribution in [1.29, 1.82) is 0 Å². The zero-order valence-electron chi connectivity index (χ0n) is 11.8. The van der Waals surface area contributed by atoms with Gasteiger partial charge in [-0.15, -0.1) is 0 Å². The smallest absolute Gasteiger partial charge is 0.323 e. The molecule has 0 heterocycles. The number of amides is 1. The topological polar surface area (TPSA) is 66.8 Å². The Bertz CT molecular complexity index is 524. The van der Waals surface area contributed by atoms with Crippen LogP contribution in [0.1, 0.15) is 20.3 Å². The lowest BCUT2D eigenvalue weighted by Crippen LogP contribution is -2.43. The molecule has 0 spiro atoms. The number of carbonyl (C=O) groups excluding carboxylic acids is 1. The predicted molar refractivity (Wildman–Crippen MR) is 76.0 cm³/mol. The maximum absolute atomic E-state index is 12.9. The number of hydrogen-bond acceptors (Lipinski definition) is 3. The molecule has 1 N–H and O–H groups in total. The Hall–Kier alpha value is -1.82. The Kier molecular flexibility index (Phi) is 6.42. The molecule has 1 atom stereocenters. The zero-order chi connectivity index (χ0) is 16.0. The molecule has 0 aliphatic rings. The van der Waals surface area contributed by atoms with Gasteiger partial charge in [-0.25, -0.2) is 4.39 Å². The second kappa shape index (κ2) is 7.83. The molecule has 1 aromatic carbocycles. The van der Waals surface area contributed by atoms with Crippen LogP contribution in [0, 0.1) is 5.82 Å². The summed E-state index contributed by atoms with van der Waals surface area (Å²) >= 11 is 5.82. The van der Waals surface area contributed by atoms with Gasteiger partial charge in [0.15, 0.2) is 6.10 Å². The first kappa shape index (κ1) is 17.2. The Morgan fingerprint density at radius 2 is 2.14 bits per heavy atom. The second-order valence-corrected chi connectivity index (χ2v) is 4.90. The van der Waals surface area contributed by atoms with Crippen LogP contribution in [0.4, 0.5) is 4.39 Å². The molecule has 116 valence electrons. The van der Waals surface area contributed by atoms with Gasteiger partial charge in [-0.05, 0) is 31.5 Å². The van der Waals surface area contributed by atoms with Crippen LogP contribution in [0.2, 0.25) is 5.02 Å². The van der Waals surface area contributed by atoms with E-state index in [2.05, 4.69) is 0 Å². The number of carboxylic acid groups (broad SMARTS) is 1. The van der Waals surface area contributed by atoms with Crippen LogP contribution in [-0.2, 0) is 9.59 Å². The van der Waals surface area contributed by atoms with E-state index in [0.717, 1.165) is 6.07 Å². The Morgan fingerprint density at radius 3 is 2.67 bits per heavy atom. The second-order valence-electron chi connectivity index (χ2n) is 4.49. The third kappa shape index (κ3) is 5.23. The quantitative estimate of drug-likeness (QED) is 0.839. The van der Waals surface area contributed by atoms with Gasteiger partial charge in [-0.2, -0.15) is 0 Å². The number of halogens is 2. The first-order valence-corrected chi connectivity index (χ1v) is 6.85. The Balaban J connectivity index is 2.78. The number of rotatable bonds is 7. The molecule has 1 amide bonds. The Labute approximate surface area is 127 Å². The fraction of sp³-hybridized carbons (Fsp3) is 0.429. The number of nitrogens with zero attached hydrogens (tertiary/aromatic N) is 1. The minimum absolute atomic E-state index is 0.0509. The Morgan fingerprint density at radius 1 is 1.48 bits per heavy atom. The van der Waals surface area contributed by atoms with E-state index in [0.29, 0.717) is 13.0 Å². The first-order valence-electron chi connectivity index (χ1n) is 6.47. The normalized spacial score (nSPS) is 11.8.